The van der Waals surface area contributed by atoms with E-state index < -0.39 is 5.82 Å². The minimum absolute atomic E-state index is 0.241. The largest absolute Gasteiger partial charge is 0.272 e. The summed E-state index contributed by atoms with van der Waals surface area (Å²) in [5, 5.41) is 7.74. The molecule has 1 heterocycles. The van der Waals surface area contributed by atoms with Gasteiger partial charge in [0.05, 0.1) is 10.4 Å². The maximum Gasteiger partial charge on any atom is 0.272 e. The first-order valence-corrected chi connectivity index (χ1v) is 6.87. The SMILES string of the molecule is O=c1[nH]nc(-c2cc(Cl)c(Br)cc2F)c2ccccc12. The lowest BCUT2D eigenvalue weighted by molar-refractivity contribution is 0.629. The topological polar surface area (TPSA) is 45.8 Å². The number of rotatable bonds is 1. The molecule has 0 radical (unpaired) electrons. The Hall–Kier alpha value is -1.72. The summed E-state index contributed by atoms with van der Waals surface area (Å²) in [5.74, 6) is -0.467. The van der Waals surface area contributed by atoms with Crippen molar-refractivity contribution in [3.8, 4) is 11.3 Å². The van der Waals surface area contributed by atoms with E-state index in [0.29, 0.717) is 26.0 Å². The summed E-state index contributed by atoms with van der Waals surface area (Å²) < 4.78 is 14.6. The predicted molar refractivity (Wildman–Crippen MR) is 80.5 cm³/mol. The van der Waals surface area contributed by atoms with Gasteiger partial charge in [-0.3, -0.25) is 4.79 Å². The number of benzene rings is 2. The van der Waals surface area contributed by atoms with E-state index >= 15 is 0 Å². The Labute approximate surface area is 126 Å². The van der Waals surface area contributed by atoms with E-state index in [2.05, 4.69) is 26.1 Å². The molecule has 1 N–H and O–H groups in total. The summed E-state index contributed by atoms with van der Waals surface area (Å²) >= 11 is 9.17. The van der Waals surface area contributed by atoms with Crippen molar-refractivity contribution >= 4 is 38.3 Å². The van der Waals surface area contributed by atoms with Crippen LogP contribution in [0.5, 0.6) is 0 Å². The highest BCUT2D eigenvalue weighted by Gasteiger charge is 2.14. The summed E-state index contributed by atoms with van der Waals surface area (Å²) in [4.78, 5) is 11.7. The number of hydrogen-bond acceptors (Lipinski definition) is 2. The fourth-order valence-electron chi connectivity index (χ4n) is 2.02. The minimum Gasteiger partial charge on any atom is -0.267 e. The zero-order chi connectivity index (χ0) is 14.3. The summed E-state index contributed by atoms with van der Waals surface area (Å²) in [6, 6.07) is 9.66. The van der Waals surface area contributed by atoms with Crippen LogP contribution in [0.3, 0.4) is 0 Å². The maximum absolute atomic E-state index is 14.1. The molecule has 100 valence electrons. The van der Waals surface area contributed by atoms with E-state index in [1.807, 2.05) is 0 Å². The van der Waals surface area contributed by atoms with Crippen molar-refractivity contribution in [3.63, 3.8) is 0 Å². The quantitative estimate of drug-likeness (QED) is 0.668. The van der Waals surface area contributed by atoms with E-state index in [-0.39, 0.29) is 11.1 Å². The average molecular weight is 354 g/mol. The number of nitrogens with one attached hydrogen (secondary N) is 1. The van der Waals surface area contributed by atoms with Crippen LogP contribution in [0.2, 0.25) is 5.02 Å². The van der Waals surface area contributed by atoms with Crippen molar-refractivity contribution in [3.05, 3.63) is 62.1 Å². The molecule has 2 aromatic carbocycles. The molecular weight excluding hydrogens is 347 g/mol. The average Bonchev–Trinajstić information content (AvgIpc) is 2.44. The molecule has 3 aromatic rings. The van der Waals surface area contributed by atoms with Crippen molar-refractivity contribution in [2.75, 3.05) is 0 Å². The lowest BCUT2D eigenvalue weighted by atomic mass is 10.0. The fraction of sp³-hybridized carbons (Fsp3) is 0. The summed E-state index contributed by atoms with van der Waals surface area (Å²) in [7, 11) is 0. The molecule has 0 aliphatic rings. The van der Waals surface area contributed by atoms with E-state index in [4.69, 9.17) is 11.6 Å². The lowest BCUT2D eigenvalue weighted by Gasteiger charge is -2.07. The first-order chi connectivity index (χ1) is 9.58. The Morgan fingerprint density at radius 3 is 2.65 bits per heavy atom. The zero-order valence-corrected chi connectivity index (χ0v) is 12.3. The predicted octanol–water partition coefficient (Wildman–Crippen LogP) is 4.15. The van der Waals surface area contributed by atoms with Gasteiger partial charge in [-0.25, -0.2) is 9.49 Å². The summed E-state index contributed by atoms with van der Waals surface area (Å²) in [6.07, 6.45) is 0. The number of H-pyrrole nitrogens is 1. The molecule has 0 amide bonds. The van der Waals surface area contributed by atoms with Crippen molar-refractivity contribution in [2.24, 2.45) is 0 Å². The number of aromatic nitrogens is 2. The van der Waals surface area contributed by atoms with Gasteiger partial charge in [0.15, 0.2) is 0 Å². The van der Waals surface area contributed by atoms with Crippen LogP contribution in [0.15, 0.2) is 45.7 Å². The van der Waals surface area contributed by atoms with Crippen LogP contribution in [-0.2, 0) is 0 Å². The number of halogens is 3. The second kappa shape index (κ2) is 5.00. The van der Waals surface area contributed by atoms with Gasteiger partial charge in [-0.15, -0.1) is 0 Å². The number of nitrogens with zero attached hydrogens (tertiary/aromatic N) is 1. The van der Waals surface area contributed by atoms with Crippen molar-refractivity contribution in [1.29, 1.82) is 0 Å². The molecule has 0 bridgehead atoms. The molecule has 0 spiro atoms. The zero-order valence-electron chi connectivity index (χ0n) is 9.95. The second-order valence-corrected chi connectivity index (χ2v) is 5.45. The molecular formula is C14H7BrClFN2O. The van der Waals surface area contributed by atoms with Gasteiger partial charge in [0.1, 0.15) is 11.5 Å². The Balaban J connectivity index is 2.39. The van der Waals surface area contributed by atoms with Gasteiger partial charge in [-0.1, -0.05) is 29.8 Å². The van der Waals surface area contributed by atoms with Gasteiger partial charge >= 0.3 is 0 Å². The molecule has 0 saturated heterocycles. The fourth-order valence-corrected chi connectivity index (χ4v) is 2.50. The minimum atomic E-state index is -0.467. The molecule has 20 heavy (non-hydrogen) atoms. The Bertz CT molecular complexity index is 879. The van der Waals surface area contributed by atoms with Crippen LogP contribution in [0.4, 0.5) is 4.39 Å². The van der Waals surface area contributed by atoms with Crippen LogP contribution >= 0.6 is 27.5 Å². The number of fused-ring (bicyclic) bond motifs is 1. The van der Waals surface area contributed by atoms with Crippen LogP contribution in [-0.4, -0.2) is 10.2 Å². The molecule has 0 aliphatic carbocycles. The first-order valence-electron chi connectivity index (χ1n) is 5.70. The highest BCUT2D eigenvalue weighted by atomic mass is 79.9. The highest BCUT2D eigenvalue weighted by molar-refractivity contribution is 9.10. The molecule has 0 atom stereocenters. The molecule has 0 saturated carbocycles. The Morgan fingerprint density at radius 1 is 1.20 bits per heavy atom. The molecule has 0 unspecified atom stereocenters. The van der Waals surface area contributed by atoms with E-state index in [1.54, 1.807) is 24.3 Å². The molecule has 3 nitrogen and oxygen atoms in total. The monoisotopic (exact) mass is 352 g/mol. The number of hydrogen-bond donors (Lipinski definition) is 1. The highest BCUT2D eigenvalue weighted by Crippen LogP contribution is 2.32. The van der Waals surface area contributed by atoms with Gasteiger partial charge < -0.3 is 0 Å². The van der Waals surface area contributed by atoms with Crippen LogP contribution in [0, 0.1) is 5.82 Å². The Kier molecular flexibility index (Phi) is 3.31. The van der Waals surface area contributed by atoms with Gasteiger partial charge in [0, 0.05) is 15.4 Å². The first kappa shape index (κ1) is 13.3. The van der Waals surface area contributed by atoms with Crippen molar-refractivity contribution in [1.82, 2.24) is 10.2 Å². The lowest BCUT2D eigenvalue weighted by Crippen LogP contribution is -2.09. The maximum atomic E-state index is 14.1. The normalized spacial score (nSPS) is 10.9. The third kappa shape index (κ3) is 2.13. The van der Waals surface area contributed by atoms with E-state index in [1.165, 1.54) is 12.1 Å². The van der Waals surface area contributed by atoms with Gasteiger partial charge in [-0.05, 0) is 34.1 Å². The number of aromatic amines is 1. The molecule has 0 fully saturated rings. The molecule has 3 rings (SSSR count). The van der Waals surface area contributed by atoms with E-state index in [0.717, 1.165) is 0 Å². The van der Waals surface area contributed by atoms with Gasteiger partial charge in [-0.2, -0.15) is 5.10 Å². The smallest absolute Gasteiger partial charge is 0.267 e. The molecule has 0 aliphatic heterocycles. The third-order valence-corrected chi connectivity index (χ3v) is 4.16. The van der Waals surface area contributed by atoms with Gasteiger partial charge in [0.2, 0.25) is 0 Å². The van der Waals surface area contributed by atoms with E-state index in [9.17, 15) is 9.18 Å². The third-order valence-electron chi connectivity index (χ3n) is 2.96. The standard InChI is InChI=1S/C14H7BrClFN2O/c15-10-6-12(17)9(5-11(10)16)13-7-3-1-2-4-8(7)14(20)19-18-13/h1-6H,(H,19,20). The van der Waals surface area contributed by atoms with Crippen LogP contribution in [0.25, 0.3) is 22.0 Å². The van der Waals surface area contributed by atoms with Gasteiger partial charge in [0.25, 0.3) is 5.56 Å². The second-order valence-electron chi connectivity index (χ2n) is 4.19. The molecule has 1 aromatic heterocycles. The van der Waals surface area contributed by atoms with Crippen molar-refractivity contribution in [2.45, 2.75) is 0 Å². The summed E-state index contributed by atoms with van der Waals surface area (Å²) in [6.45, 7) is 0. The van der Waals surface area contributed by atoms with Crippen molar-refractivity contribution < 1.29 is 4.39 Å². The molecule has 6 heteroatoms. The Morgan fingerprint density at radius 2 is 1.90 bits per heavy atom. The van der Waals surface area contributed by atoms with Crippen LogP contribution < -0.4 is 5.56 Å². The summed E-state index contributed by atoms with van der Waals surface area (Å²) in [5.41, 5.74) is 0.283. The van der Waals surface area contributed by atoms with Crippen LogP contribution in [0.1, 0.15) is 0 Å².